The van der Waals surface area contributed by atoms with Crippen LogP contribution in [0.2, 0.25) is 0 Å². The van der Waals surface area contributed by atoms with E-state index in [4.69, 9.17) is 14.2 Å². The molecule has 0 aromatic carbocycles. The van der Waals surface area contributed by atoms with Crippen LogP contribution in [-0.4, -0.2) is 37.2 Å². The van der Waals surface area contributed by atoms with Gasteiger partial charge in [-0.3, -0.25) is 14.4 Å². The van der Waals surface area contributed by atoms with Gasteiger partial charge in [0.1, 0.15) is 13.2 Å². The van der Waals surface area contributed by atoms with Gasteiger partial charge in [-0.2, -0.15) is 0 Å². The van der Waals surface area contributed by atoms with Crippen molar-refractivity contribution in [2.45, 2.75) is 187 Å². The first-order valence-electron chi connectivity index (χ1n) is 22.3. The molecular formula is C50H80O6. The summed E-state index contributed by atoms with van der Waals surface area (Å²) in [5, 5.41) is 0. The predicted molar refractivity (Wildman–Crippen MR) is 237 cm³/mol. The Morgan fingerprint density at radius 1 is 0.393 bits per heavy atom. The van der Waals surface area contributed by atoms with Crippen molar-refractivity contribution >= 4 is 17.9 Å². The third kappa shape index (κ3) is 41.5. The molecule has 6 nitrogen and oxygen atoms in total. The summed E-state index contributed by atoms with van der Waals surface area (Å²) >= 11 is 0. The van der Waals surface area contributed by atoms with Crippen molar-refractivity contribution in [2.24, 2.45) is 0 Å². The van der Waals surface area contributed by atoms with E-state index in [1.807, 2.05) is 48.6 Å². The second-order valence-electron chi connectivity index (χ2n) is 14.3. The van der Waals surface area contributed by atoms with Crippen LogP contribution in [0.4, 0.5) is 0 Å². The molecule has 56 heavy (non-hydrogen) atoms. The number of rotatable bonds is 38. The average molecular weight is 777 g/mol. The van der Waals surface area contributed by atoms with Crippen LogP contribution in [0.3, 0.4) is 0 Å². The summed E-state index contributed by atoms with van der Waals surface area (Å²) in [5.74, 6) is -1.01. The SMILES string of the molecule is CC\C=C/C=C\C=C/C=C\C=C/CCCCCC(=O)OCC(COC(=O)CCC/C=C\CCCCCC)OC(=O)CCCCCCCCC/C=C\C/C=C\CC. The standard InChI is InChI=1S/C50H80O6/c1-4-7-10-13-16-19-21-23-25-27-28-31-34-37-40-43-49(52)55-46-47(45-54-48(51)42-39-36-33-30-18-15-12-9-6-3)56-50(53)44-41-38-35-32-29-26-24-22-20-17-14-11-8-5-2/h7-8,10-11,13,16-17,19-21,23,25,27-28,30,33,47H,4-6,9,12,14-15,18,22,24,26,29,31-32,34-46H2,1-3H3/b10-7-,11-8-,16-13-,20-17-,21-19-,25-23-,28-27-,33-30-. The first-order chi connectivity index (χ1) is 27.5. The maximum absolute atomic E-state index is 12.7. The number of allylic oxidation sites excluding steroid dienone is 16. The van der Waals surface area contributed by atoms with Crippen molar-refractivity contribution in [1.29, 1.82) is 0 Å². The Labute approximate surface area is 343 Å². The first-order valence-corrected chi connectivity index (χ1v) is 22.3. The Morgan fingerprint density at radius 3 is 1.39 bits per heavy atom. The number of carbonyl (C=O) groups excluding carboxylic acids is 3. The second kappa shape index (κ2) is 44.0. The van der Waals surface area contributed by atoms with Crippen LogP contribution in [0.1, 0.15) is 181 Å². The summed E-state index contributed by atoms with van der Waals surface area (Å²) in [4.78, 5) is 37.7. The van der Waals surface area contributed by atoms with E-state index in [1.165, 1.54) is 51.4 Å². The fourth-order valence-electron chi connectivity index (χ4n) is 5.62. The van der Waals surface area contributed by atoms with Crippen LogP contribution >= 0.6 is 0 Å². The van der Waals surface area contributed by atoms with Crippen LogP contribution in [0, 0.1) is 0 Å². The van der Waals surface area contributed by atoms with E-state index in [-0.39, 0.29) is 31.1 Å². The fourth-order valence-corrected chi connectivity index (χ4v) is 5.62. The van der Waals surface area contributed by atoms with Gasteiger partial charge in [0.2, 0.25) is 0 Å². The van der Waals surface area contributed by atoms with Crippen LogP contribution < -0.4 is 0 Å². The van der Waals surface area contributed by atoms with Crippen molar-refractivity contribution < 1.29 is 28.6 Å². The molecule has 0 heterocycles. The summed E-state index contributed by atoms with van der Waals surface area (Å²) < 4.78 is 16.6. The molecule has 1 unspecified atom stereocenters. The third-order valence-electron chi connectivity index (χ3n) is 8.93. The van der Waals surface area contributed by atoms with Gasteiger partial charge in [-0.15, -0.1) is 0 Å². The largest absolute Gasteiger partial charge is 0.462 e. The zero-order valence-electron chi connectivity index (χ0n) is 35.9. The van der Waals surface area contributed by atoms with Crippen LogP contribution in [0.5, 0.6) is 0 Å². The molecule has 0 radical (unpaired) electrons. The Hall–Kier alpha value is -3.67. The van der Waals surface area contributed by atoms with Crippen molar-refractivity contribution in [1.82, 2.24) is 0 Å². The molecule has 0 saturated carbocycles. The van der Waals surface area contributed by atoms with Crippen molar-refractivity contribution in [3.05, 3.63) is 97.2 Å². The smallest absolute Gasteiger partial charge is 0.306 e. The predicted octanol–water partition coefficient (Wildman–Crippen LogP) is 14.2. The summed E-state index contributed by atoms with van der Waals surface area (Å²) in [7, 11) is 0. The minimum atomic E-state index is -0.808. The molecule has 0 aromatic rings. The van der Waals surface area contributed by atoms with Gasteiger partial charge in [0.15, 0.2) is 6.10 Å². The lowest BCUT2D eigenvalue weighted by Gasteiger charge is -2.18. The monoisotopic (exact) mass is 777 g/mol. The zero-order valence-corrected chi connectivity index (χ0v) is 35.9. The minimum Gasteiger partial charge on any atom is -0.462 e. The normalized spacial score (nSPS) is 13.0. The van der Waals surface area contributed by atoms with Gasteiger partial charge in [-0.1, -0.05) is 176 Å². The Morgan fingerprint density at radius 2 is 0.804 bits per heavy atom. The topological polar surface area (TPSA) is 78.9 Å². The van der Waals surface area contributed by atoms with E-state index in [0.29, 0.717) is 25.7 Å². The minimum absolute atomic E-state index is 0.112. The van der Waals surface area contributed by atoms with E-state index >= 15 is 0 Å². The van der Waals surface area contributed by atoms with Crippen molar-refractivity contribution in [3.63, 3.8) is 0 Å². The Kier molecular flexibility index (Phi) is 41.2. The van der Waals surface area contributed by atoms with Gasteiger partial charge in [-0.05, 0) is 83.5 Å². The number of esters is 3. The van der Waals surface area contributed by atoms with Crippen molar-refractivity contribution in [2.75, 3.05) is 13.2 Å². The van der Waals surface area contributed by atoms with E-state index in [9.17, 15) is 14.4 Å². The highest BCUT2D eigenvalue weighted by molar-refractivity contribution is 5.71. The van der Waals surface area contributed by atoms with Crippen LogP contribution in [-0.2, 0) is 28.6 Å². The molecular weight excluding hydrogens is 697 g/mol. The molecule has 6 heteroatoms. The molecule has 0 spiro atoms. The molecule has 0 aliphatic heterocycles. The Bertz CT molecular complexity index is 1170. The summed E-state index contributed by atoms with van der Waals surface area (Å²) in [6.45, 7) is 6.25. The number of ether oxygens (including phenoxy) is 3. The van der Waals surface area contributed by atoms with Crippen molar-refractivity contribution in [3.8, 4) is 0 Å². The molecule has 0 N–H and O–H groups in total. The number of hydrogen-bond acceptors (Lipinski definition) is 6. The molecule has 0 aromatic heterocycles. The zero-order chi connectivity index (χ0) is 40.8. The second-order valence-corrected chi connectivity index (χ2v) is 14.3. The highest BCUT2D eigenvalue weighted by Crippen LogP contribution is 2.12. The molecule has 1 atom stereocenters. The third-order valence-corrected chi connectivity index (χ3v) is 8.93. The lowest BCUT2D eigenvalue weighted by Crippen LogP contribution is -2.30. The maximum Gasteiger partial charge on any atom is 0.306 e. The van der Waals surface area contributed by atoms with Gasteiger partial charge in [0.05, 0.1) is 0 Å². The Balaban J connectivity index is 4.50. The summed E-state index contributed by atoms with van der Waals surface area (Å²) in [6, 6.07) is 0. The van der Waals surface area contributed by atoms with Gasteiger partial charge in [0, 0.05) is 19.3 Å². The molecule has 0 rings (SSSR count). The number of hydrogen-bond donors (Lipinski definition) is 0. The first kappa shape index (κ1) is 52.3. The number of carbonyl (C=O) groups is 3. The van der Waals surface area contributed by atoms with Gasteiger partial charge in [-0.25, -0.2) is 0 Å². The van der Waals surface area contributed by atoms with Gasteiger partial charge >= 0.3 is 17.9 Å². The van der Waals surface area contributed by atoms with Crippen LogP contribution in [0.15, 0.2) is 97.2 Å². The summed E-state index contributed by atoms with van der Waals surface area (Å²) in [6.07, 6.45) is 56.8. The van der Waals surface area contributed by atoms with E-state index in [2.05, 4.69) is 69.4 Å². The quantitative estimate of drug-likeness (QED) is 0.0204. The fraction of sp³-hybridized carbons (Fsp3) is 0.620. The lowest BCUT2D eigenvalue weighted by molar-refractivity contribution is -0.167. The average Bonchev–Trinajstić information content (AvgIpc) is 3.19. The molecule has 0 aliphatic carbocycles. The molecule has 0 saturated heterocycles. The van der Waals surface area contributed by atoms with E-state index in [1.54, 1.807) is 0 Å². The van der Waals surface area contributed by atoms with Gasteiger partial charge in [0.25, 0.3) is 0 Å². The van der Waals surface area contributed by atoms with Crippen LogP contribution in [0.25, 0.3) is 0 Å². The highest BCUT2D eigenvalue weighted by atomic mass is 16.6. The molecule has 0 bridgehead atoms. The number of unbranched alkanes of at least 4 members (excludes halogenated alkanes) is 15. The molecule has 0 amide bonds. The maximum atomic E-state index is 12.7. The summed E-state index contributed by atoms with van der Waals surface area (Å²) in [5.41, 5.74) is 0. The van der Waals surface area contributed by atoms with E-state index < -0.39 is 6.10 Å². The van der Waals surface area contributed by atoms with Gasteiger partial charge < -0.3 is 14.2 Å². The van der Waals surface area contributed by atoms with E-state index in [0.717, 1.165) is 83.5 Å². The molecule has 0 fully saturated rings. The molecule has 0 aliphatic rings. The highest BCUT2D eigenvalue weighted by Gasteiger charge is 2.19. The lowest BCUT2D eigenvalue weighted by atomic mass is 10.1. The molecule has 316 valence electrons.